The lowest BCUT2D eigenvalue weighted by Crippen LogP contribution is -2.52. The molecule has 2 atom stereocenters. The molecule has 4 rings (SSSR count). The largest absolute Gasteiger partial charge is 0.481 e. The van der Waals surface area contributed by atoms with Gasteiger partial charge in [-0.25, -0.2) is 4.79 Å². The van der Waals surface area contributed by atoms with Gasteiger partial charge < -0.3 is 20.1 Å². The van der Waals surface area contributed by atoms with Gasteiger partial charge >= 0.3 is 12.1 Å². The van der Waals surface area contributed by atoms with Crippen LogP contribution in [-0.4, -0.2) is 53.2 Å². The summed E-state index contributed by atoms with van der Waals surface area (Å²) in [6.45, 7) is 4.39. The molecule has 1 heterocycles. The zero-order chi connectivity index (χ0) is 23.5. The van der Waals surface area contributed by atoms with Crippen molar-refractivity contribution in [1.29, 1.82) is 0 Å². The van der Waals surface area contributed by atoms with Gasteiger partial charge in [0.2, 0.25) is 5.91 Å². The summed E-state index contributed by atoms with van der Waals surface area (Å²) in [5, 5.41) is 11.9. The molecule has 174 valence electrons. The summed E-state index contributed by atoms with van der Waals surface area (Å²) >= 11 is 0. The highest BCUT2D eigenvalue weighted by atomic mass is 16.5. The van der Waals surface area contributed by atoms with E-state index in [9.17, 15) is 14.4 Å². The molecule has 33 heavy (non-hydrogen) atoms. The summed E-state index contributed by atoms with van der Waals surface area (Å²) in [5.74, 6) is -1.40. The maximum absolute atomic E-state index is 13.2. The van der Waals surface area contributed by atoms with E-state index in [1.54, 1.807) is 4.90 Å². The van der Waals surface area contributed by atoms with E-state index in [1.165, 1.54) is 0 Å². The molecule has 2 N–H and O–H groups in total. The number of nitrogens with zero attached hydrogens (tertiary/aromatic N) is 1. The van der Waals surface area contributed by atoms with Crippen molar-refractivity contribution in [2.45, 2.75) is 51.1 Å². The van der Waals surface area contributed by atoms with Crippen LogP contribution in [0.3, 0.4) is 0 Å². The van der Waals surface area contributed by atoms with Crippen molar-refractivity contribution in [3.8, 4) is 11.1 Å². The zero-order valence-corrected chi connectivity index (χ0v) is 19.0. The summed E-state index contributed by atoms with van der Waals surface area (Å²) in [6.07, 6.45) is 0.701. The number of amides is 2. The highest BCUT2D eigenvalue weighted by molar-refractivity contribution is 5.87. The molecule has 1 aliphatic carbocycles. The van der Waals surface area contributed by atoms with Crippen LogP contribution in [0.1, 0.15) is 50.2 Å². The second-order valence-corrected chi connectivity index (χ2v) is 9.12. The van der Waals surface area contributed by atoms with Gasteiger partial charge in [-0.15, -0.1) is 0 Å². The SMILES string of the molecule is CC(C)C(NC(=O)OCC1c2ccccc2-c2ccccc21)C(=O)N1CCCC1CC(=O)O. The van der Waals surface area contributed by atoms with Crippen LogP contribution < -0.4 is 5.32 Å². The van der Waals surface area contributed by atoms with E-state index in [-0.39, 0.29) is 36.8 Å². The molecule has 7 nitrogen and oxygen atoms in total. The number of hydrogen-bond donors (Lipinski definition) is 2. The van der Waals surface area contributed by atoms with Crippen LogP contribution in [0.25, 0.3) is 11.1 Å². The standard InChI is InChI=1S/C26H30N2O5/c1-16(2)24(25(31)28-13-7-8-17(28)14-23(29)30)27-26(32)33-15-22-20-11-5-3-9-18(20)19-10-4-6-12-21(19)22/h3-6,9-12,16-17,22,24H,7-8,13-15H2,1-2H3,(H,27,32)(H,29,30). The molecular weight excluding hydrogens is 420 g/mol. The van der Waals surface area contributed by atoms with Gasteiger partial charge in [-0.2, -0.15) is 0 Å². The fourth-order valence-corrected chi connectivity index (χ4v) is 5.00. The first-order valence-corrected chi connectivity index (χ1v) is 11.5. The van der Waals surface area contributed by atoms with Crippen LogP contribution in [0.2, 0.25) is 0 Å². The number of carbonyl (C=O) groups excluding carboxylic acids is 2. The van der Waals surface area contributed by atoms with Gasteiger partial charge in [-0.05, 0) is 41.0 Å². The normalized spacial score (nSPS) is 18.0. The number of carboxylic acids is 1. The average Bonchev–Trinajstić information content (AvgIpc) is 3.37. The molecule has 2 unspecified atom stereocenters. The second kappa shape index (κ2) is 9.65. The van der Waals surface area contributed by atoms with E-state index >= 15 is 0 Å². The molecule has 0 spiro atoms. The Morgan fingerprint density at radius 2 is 1.67 bits per heavy atom. The molecule has 0 saturated carbocycles. The zero-order valence-electron chi connectivity index (χ0n) is 19.0. The van der Waals surface area contributed by atoms with E-state index in [0.717, 1.165) is 28.7 Å². The third kappa shape index (κ3) is 4.72. The molecule has 2 amide bonds. The quantitative estimate of drug-likeness (QED) is 0.664. The monoisotopic (exact) mass is 450 g/mol. The van der Waals surface area contributed by atoms with Gasteiger partial charge in [0.1, 0.15) is 12.6 Å². The Balaban J connectivity index is 1.42. The molecule has 0 aromatic heterocycles. The summed E-state index contributed by atoms with van der Waals surface area (Å²) in [5.41, 5.74) is 4.54. The number of aliphatic carboxylic acids is 1. The number of likely N-dealkylation sites (tertiary alicyclic amines) is 1. The van der Waals surface area contributed by atoms with Gasteiger partial charge in [-0.1, -0.05) is 62.4 Å². The molecular formula is C26H30N2O5. The number of benzene rings is 2. The number of rotatable bonds is 7. The van der Waals surface area contributed by atoms with Gasteiger partial charge in [-0.3, -0.25) is 9.59 Å². The van der Waals surface area contributed by atoms with Gasteiger partial charge in [0.25, 0.3) is 0 Å². The Morgan fingerprint density at radius 1 is 1.06 bits per heavy atom. The predicted octanol–water partition coefficient (Wildman–Crippen LogP) is 4.02. The van der Waals surface area contributed by atoms with Crippen LogP contribution >= 0.6 is 0 Å². The Kier molecular flexibility index (Phi) is 6.67. The highest BCUT2D eigenvalue weighted by Crippen LogP contribution is 2.44. The van der Waals surface area contributed by atoms with Gasteiger partial charge in [0.15, 0.2) is 0 Å². The number of carboxylic acid groups (broad SMARTS) is 1. The fraction of sp³-hybridized carbons (Fsp3) is 0.423. The molecule has 0 bridgehead atoms. The molecule has 2 aliphatic rings. The number of ether oxygens (including phenoxy) is 1. The first kappa shape index (κ1) is 22.8. The average molecular weight is 451 g/mol. The number of fused-ring (bicyclic) bond motifs is 3. The van der Waals surface area contributed by atoms with Crippen molar-refractivity contribution in [3.05, 3.63) is 59.7 Å². The lowest BCUT2D eigenvalue weighted by Gasteiger charge is -2.30. The fourth-order valence-electron chi connectivity index (χ4n) is 5.00. The van der Waals surface area contributed by atoms with Crippen molar-refractivity contribution >= 4 is 18.0 Å². The molecule has 1 saturated heterocycles. The maximum Gasteiger partial charge on any atom is 0.407 e. The molecule has 2 aromatic rings. The third-order valence-electron chi connectivity index (χ3n) is 6.62. The van der Waals surface area contributed by atoms with Crippen molar-refractivity contribution in [3.63, 3.8) is 0 Å². The molecule has 1 aliphatic heterocycles. The second-order valence-electron chi connectivity index (χ2n) is 9.12. The third-order valence-corrected chi connectivity index (χ3v) is 6.62. The van der Waals surface area contributed by atoms with E-state index in [4.69, 9.17) is 9.84 Å². The van der Waals surface area contributed by atoms with E-state index in [1.807, 2.05) is 38.1 Å². The van der Waals surface area contributed by atoms with Crippen LogP contribution in [-0.2, 0) is 14.3 Å². The van der Waals surface area contributed by atoms with E-state index < -0.39 is 18.1 Å². The topological polar surface area (TPSA) is 95.9 Å². The Hall–Kier alpha value is -3.35. The minimum Gasteiger partial charge on any atom is -0.481 e. The number of hydrogen-bond acceptors (Lipinski definition) is 4. The van der Waals surface area contributed by atoms with E-state index in [0.29, 0.717) is 13.0 Å². The van der Waals surface area contributed by atoms with Crippen LogP contribution in [0, 0.1) is 5.92 Å². The molecule has 0 radical (unpaired) electrons. The van der Waals surface area contributed by atoms with Crippen LogP contribution in [0.4, 0.5) is 4.79 Å². The van der Waals surface area contributed by atoms with Crippen molar-refractivity contribution in [2.75, 3.05) is 13.2 Å². The van der Waals surface area contributed by atoms with Gasteiger partial charge in [0.05, 0.1) is 6.42 Å². The first-order valence-electron chi connectivity index (χ1n) is 11.5. The lowest BCUT2D eigenvalue weighted by atomic mass is 9.98. The summed E-state index contributed by atoms with van der Waals surface area (Å²) in [6, 6.07) is 15.1. The molecule has 7 heteroatoms. The number of alkyl carbamates (subject to hydrolysis) is 1. The van der Waals surface area contributed by atoms with Crippen molar-refractivity contribution in [2.24, 2.45) is 5.92 Å². The summed E-state index contributed by atoms with van der Waals surface area (Å²) in [7, 11) is 0. The van der Waals surface area contributed by atoms with Gasteiger partial charge in [0, 0.05) is 18.5 Å². The minimum atomic E-state index is -0.926. The number of nitrogens with one attached hydrogen (secondary N) is 1. The minimum absolute atomic E-state index is 0.0603. The van der Waals surface area contributed by atoms with Crippen LogP contribution in [0.15, 0.2) is 48.5 Å². The van der Waals surface area contributed by atoms with Crippen molar-refractivity contribution in [1.82, 2.24) is 10.2 Å². The predicted molar refractivity (Wildman–Crippen MR) is 124 cm³/mol. The highest BCUT2D eigenvalue weighted by Gasteiger charge is 2.37. The molecule has 1 fully saturated rings. The summed E-state index contributed by atoms with van der Waals surface area (Å²) in [4.78, 5) is 38.6. The number of carbonyl (C=O) groups is 3. The first-order chi connectivity index (χ1) is 15.9. The Morgan fingerprint density at radius 3 is 2.24 bits per heavy atom. The molecule has 2 aromatic carbocycles. The smallest absolute Gasteiger partial charge is 0.407 e. The maximum atomic E-state index is 13.2. The van der Waals surface area contributed by atoms with Crippen molar-refractivity contribution < 1.29 is 24.2 Å². The Labute approximate surface area is 193 Å². The lowest BCUT2D eigenvalue weighted by molar-refractivity contribution is -0.140. The van der Waals surface area contributed by atoms with E-state index in [2.05, 4.69) is 29.6 Å². The Bertz CT molecular complexity index is 1000. The van der Waals surface area contributed by atoms with Crippen LogP contribution in [0.5, 0.6) is 0 Å². The summed E-state index contributed by atoms with van der Waals surface area (Å²) < 4.78 is 5.61.